The number of allylic oxidation sites excluding steroid dienone is 2. The highest BCUT2D eigenvalue weighted by Gasteiger charge is 2.50. The zero-order chi connectivity index (χ0) is 28.1. The predicted molar refractivity (Wildman–Crippen MR) is 159 cm³/mol. The summed E-state index contributed by atoms with van der Waals surface area (Å²) in [7, 11) is 0. The van der Waals surface area contributed by atoms with Crippen LogP contribution in [0, 0.1) is 36.5 Å². The highest BCUT2D eigenvalue weighted by Crippen LogP contribution is 2.48. The Morgan fingerprint density at radius 2 is 1.49 bits per heavy atom. The Kier molecular flexibility index (Phi) is 5.84. The fourth-order valence-corrected chi connectivity index (χ4v) is 6.60. The molecule has 0 radical (unpaired) electrons. The van der Waals surface area contributed by atoms with E-state index in [2.05, 4.69) is 126 Å². The van der Waals surface area contributed by atoms with E-state index in [1.54, 1.807) is 0 Å². The molecule has 2 aromatic heterocycles. The van der Waals surface area contributed by atoms with Gasteiger partial charge in [0.1, 0.15) is 12.1 Å². The van der Waals surface area contributed by atoms with Crippen LogP contribution in [-0.2, 0) is 0 Å². The Bertz CT molecular complexity index is 1970. The maximum Gasteiger partial charge on any atom is 0.253 e. The summed E-state index contributed by atoms with van der Waals surface area (Å²) >= 11 is 0. The molecule has 0 amide bonds. The van der Waals surface area contributed by atoms with Gasteiger partial charge in [-0.25, -0.2) is 0 Å². The van der Waals surface area contributed by atoms with Crippen molar-refractivity contribution in [2.45, 2.75) is 32.2 Å². The van der Waals surface area contributed by atoms with Crippen molar-refractivity contribution in [2.75, 3.05) is 0 Å². The quantitative estimate of drug-likeness (QED) is 0.232. The standard InChI is InChI=1S/C37H28N4/c1-24-12-14-34-33-19-29(22-39)28(21-38)18-32(33)31-13-15-35(37(31)41(34)23-24)40-17-16-27(26-9-4-3-5-10-26)20-36(40)30-11-7-6-8-25(30)2/h3-12,14-20,23,31,37H,13H2,1-2H3/q+2. The molecule has 1 aliphatic carbocycles. The van der Waals surface area contributed by atoms with Crippen LogP contribution in [0.2, 0.25) is 0 Å². The molecule has 0 saturated heterocycles. The van der Waals surface area contributed by atoms with Crippen LogP contribution in [0.1, 0.15) is 46.2 Å². The average molecular weight is 529 g/mol. The molecule has 3 aromatic carbocycles. The number of hydrogen-bond donors (Lipinski definition) is 0. The maximum atomic E-state index is 9.84. The van der Waals surface area contributed by atoms with E-state index in [0.29, 0.717) is 11.1 Å². The number of nitrogens with zero attached hydrogens (tertiary/aromatic N) is 4. The van der Waals surface area contributed by atoms with E-state index < -0.39 is 0 Å². The van der Waals surface area contributed by atoms with Gasteiger partial charge in [-0.2, -0.15) is 19.7 Å². The van der Waals surface area contributed by atoms with Gasteiger partial charge in [0.05, 0.1) is 22.6 Å². The Balaban J connectivity index is 1.45. The van der Waals surface area contributed by atoms with Gasteiger partial charge in [-0.3, -0.25) is 0 Å². The van der Waals surface area contributed by atoms with Crippen molar-refractivity contribution in [2.24, 2.45) is 0 Å². The Labute approximate surface area is 240 Å². The average Bonchev–Trinajstić information content (AvgIpc) is 3.46. The molecule has 2 aliphatic rings. The fraction of sp³-hybridized carbons (Fsp3) is 0.135. The molecule has 0 N–H and O–H groups in total. The van der Waals surface area contributed by atoms with Gasteiger partial charge in [0, 0.05) is 29.3 Å². The van der Waals surface area contributed by atoms with Crippen LogP contribution in [0.5, 0.6) is 0 Å². The molecule has 2 unspecified atom stereocenters. The van der Waals surface area contributed by atoms with Crippen molar-refractivity contribution in [3.63, 3.8) is 0 Å². The molecule has 41 heavy (non-hydrogen) atoms. The number of aryl methyl sites for hydroxylation is 2. The summed E-state index contributed by atoms with van der Waals surface area (Å²) in [5.41, 5.74) is 12.5. The van der Waals surface area contributed by atoms with Gasteiger partial charge in [0.25, 0.3) is 5.70 Å². The SMILES string of the molecule is Cc1ccc2[n+](c1)C1C([n+]3ccc(-c4ccccc4)cc3-c3ccccc3C)=CCC1c1cc(C#N)c(C#N)cc1-2. The number of hydrogen-bond acceptors (Lipinski definition) is 2. The third-order valence-corrected chi connectivity index (χ3v) is 8.56. The van der Waals surface area contributed by atoms with E-state index in [4.69, 9.17) is 0 Å². The largest absolute Gasteiger partial charge is 0.253 e. The van der Waals surface area contributed by atoms with Crippen LogP contribution in [0.4, 0.5) is 0 Å². The molecular weight excluding hydrogens is 500 g/mol. The van der Waals surface area contributed by atoms with Crippen LogP contribution in [0.3, 0.4) is 0 Å². The molecule has 0 spiro atoms. The summed E-state index contributed by atoms with van der Waals surface area (Å²) < 4.78 is 4.74. The van der Waals surface area contributed by atoms with Gasteiger partial charge in [0.2, 0.25) is 17.4 Å². The topological polar surface area (TPSA) is 55.3 Å². The third-order valence-electron chi connectivity index (χ3n) is 8.56. The molecule has 4 nitrogen and oxygen atoms in total. The molecule has 0 saturated carbocycles. The molecular formula is C37H28N4+2. The molecule has 3 heterocycles. The lowest BCUT2D eigenvalue weighted by atomic mass is 9.81. The lowest BCUT2D eigenvalue weighted by molar-refractivity contribution is -0.725. The summed E-state index contributed by atoms with van der Waals surface area (Å²) in [5, 5.41) is 19.6. The minimum Gasteiger partial charge on any atom is -0.192 e. The van der Waals surface area contributed by atoms with E-state index in [0.717, 1.165) is 28.9 Å². The Morgan fingerprint density at radius 3 is 2.27 bits per heavy atom. The van der Waals surface area contributed by atoms with Crippen LogP contribution in [0.15, 0.2) is 109 Å². The second kappa shape index (κ2) is 9.70. The number of fused-ring (bicyclic) bond motifs is 6. The smallest absolute Gasteiger partial charge is 0.192 e. The van der Waals surface area contributed by atoms with Crippen LogP contribution >= 0.6 is 0 Å². The Morgan fingerprint density at radius 1 is 0.732 bits per heavy atom. The van der Waals surface area contributed by atoms with Gasteiger partial charge < -0.3 is 0 Å². The van der Waals surface area contributed by atoms with Crippen LogP contribution in [-0.4, -0.2) is 0 Å². The van der Waals surface area contributed by atoms with Crippen molar-refractivity contribution in [1.82, 2.24) is 0 Å². The number of nitriles is 2. The number of pyridine rings is 2. The zero-order valence-corrected chi connectivity index (χ0v) is 23.0. The van der Waals surface area contributed by atoms with E-state index in [-0.39, 0.29) is 12.0 Å². The van der Waals surface area contributed by atoms with E-state index >= 15 is 0 Å². The molecule has 7 rings (SSSR count). The van der Waals surface area contributed by atoms with Crippen molar-refractivity contribution in [3.8, 4) is 45.8 Å². The van der Waals surface area contributed by atoms with E-state index in [1.165, 1.54) is 33.5 Å². The van der Waals surface area contributed by atoms with Crippen molar-refractivity contribution in [1.29, 1.82) is 10.5 Å². The Hall–Kier alpha value is -5.32. The number of aromatic nitrogens is 2. The molecule has 0 bridgehead atoms. The molecule has 194 valence electrons. The van der Waals surface area contributed by atoms with Gasteiger partial charge in [-0.1, -0.05) is 48.5 Å². The van der Waals surface area contributed by atoms with Crippen molar-refractivity contribution in [3.05, 3.63) is 137 Å². The first-order valence-electron chi connectivity index (χ1n) is 13.9. The maximum absolute atomic E-state index is 9.84. The normalized spacial score (nSPS) is 16.5. The fourth-order valence-electron chi connectivity index (χ4n) is 6.60. The first kappa shape index (κ1) is 24.7. The highest BCUT2D eigenvalue weighted by atomic mass is 15.1. The summed E-state index contributed by atoms with van der Waals surface area (Å²) in [4.78, 5) is 0. The second-order valence-electron chi connectivity index (χ2n) is 11.0. The first-order valence-corrected chi connectivity index (χ1v) is 13.9. The molecule has 2 atom stereocenters. The predicted octanol–water partition coefficient (Wildman–Crippen LogP) is 7.21. The number of benzene rings is 3. The first-order chi connectivity index (χ1) is 20.1. The third kappa shape index (κ3) is 3.96. The van der Waals surface area contributed by atoms with E-state index in [9.17, 15) is 10.5 Å². The molecule has 0 fully saturated rings. The highest BCUT2D eigenvalue weighted by molar-refractivity contribution is 5.73. The number of rotatable bonds is 3. The minimum absolute atomic E-state index is 0.0484. The monoisotopic (exact) mass is 528 g/mol. The summed E-state index contributed by atoms with van der Waals surface area (Å²) in [6.45, 7) is 4.29. The molecule has 4 heteroatoms. The van der Waals surface area contributed by atoms with Gasteiger partial charge in [-0.15, -0.1) is 0 Å². The van der Waals surface area contributed by atoms with Crippen molar-refractivity contribution >= 4 is 5.70 Å². The van der Waals surface area contributed by atoms with Crippen molar-refractivity contribution < 1.29 is 9.13 Å². The van der Waals surface area contributed by atoms with Gasteiger partial charge in [0.15, 0.2) is 12.4 Å². The lowest BCUT2D eigenvalue weighted by Crippen LogP contribution is -2.52. The zero-order valence-electron chi connectivity index (χ0n) is 23.0. The summed E-state index contributed by atoms with van der Waals surface area (Å²) in [5.74, 6) is 0.158. The molecule has 5 aromatic rings. The van der Waals surface area contributed by atoms with Gasteiger partial charge in [-0.05, 0) is 72.9 Å². The lowest BCUT2D eigenvalue weighted by Gasteiger charge is -2.26. The van der Waals surface area contributed by atoms with Gasteiger partial charge >= 0.3 is 0 Å². The summed E-state index contributed by atoms with van der Waals surface area (Å²) in [6.07, 6.45) is 7.65. The summed E-state index contributed by atoms with van der Waals surface area (Å²) in [6, 6.07) is 36.3. The van der Waals surface area contributed by atoms with E-state index in [1.807, 2.05) is 18.2 Å². The molecule has 1 aliphatic heterocycles. The minimum atomic E-state index is 0.0484. The van der Waals surface area contributed by atoms with Crippen LogP contribution in [0.25, 0.3) is 39.3 Å². The van der Waals surface area contributed by atoms with Crippen LogP contribution < -0.4 is 9.13 Å². The second-order valence-corrected chi connectivity index (χ2v) is 11.0.